The lowest BCUT2D eigenvalue weighted by molar-refractivity contribution is 1.29. The zero-order valence-corrected chi connectivity index (χ0v) is 15.9. The number of hydrogen-bond acceptors (Lipinski definition) is 4. The van der Waals surface area contributed by atoms with Crippen molar-refractivity contribution in [3.63, 3.8) is 0 Å². The van der Waals surface area contributed by atoms with Gasteiger partial charge in [-0.15, -0.1) is 11.3 Å². The zero-order valence-electron chi connectivity index (χ0n) is 14.3. The first kappa shape index (κ1) is 17.5. The van der Waals surface area contributed by atoms with Gasteiger partial charge in [0.15, 0.2) is 0 Å². The fourth-order valence-corrected chi connectivity index (χ4v) is 3.61. The Morgan fingerprint density at radius 1 is 0.889 bits per heavy atom. The molecular weight excluding hydrogens is 374 g/mol. The number of thiazole rings is 1. The van der Waals surface area contributed by atoms with Crippen molar-refractivity contribution in [2.45, 2.75) is 0 Å². The van der Waals surface area contributed by atoms with Crippen LogP contribution in [-0.4, -0.2) is 11.2 Å². The normalized spacial score (nSPS) is 11.0. The summed E-state index contributed by atoms with van der Waals surface area (Å²) in [6, 6.07) is 26.0. The highest BCUT2D eigenvalue weighted by atomic mass is 35.5. The highest BCUT2D eigenvalue weighted by molar-refractivity contribution is 7.14. The fraction of sp³-hybridized carbons (Fsp3) is 0. The molecule has 0 spiro atoms. The standard InChI is InChI=1S/C22H16ClN3S/c23-19-11-6-10-17(13-19)20-12-5-4-9-18(20)14-24-26-22-25-21(15-27-22)16-7-2-1-3-8-16/h1-15H,(H,25,26). The third-order valence-corrected chi connectivity index (χ3v) is 5.02. The van der Waals surface area contributed by atoms with E-state index < -0.39 is 0 Å². The lowest BCUT2D eigenvalue weighted by atomic mass is 10.0. The molecule has 0 aliphatic heterocycles. The Morgan fingerprint density at radius 3 is 2.52 bits per heavy atom. The van der Waals surface area contributed by atoms with Gasteiger partial charge in [-0.3, -0.25) is 5.43 Å². The molecule has 0 unspecified atom stereocenters. The first-order valence-electron chi connectivity index (χ1n) is 8.44. The summed E-state index contributed by atoms with van der Waals surface area (Å²) in [7, 11) is 0. The van der Waals surface area contributed by atoms with Gasteiger partial charge in [0.05, 0.1) is 11.9 Å². The van der Waals surface area contributed by atoms with Gasteiger partial charge < -0.3 is 0 Å². The molecule has 27 heavy (non-hydrogen) atoms. The van der Waals surface area contributed by atoms with Gasteiger partial charge in [0, 0.05) is 21.5 Å². The summed E-state index contributed by atoms with van der Waals surface area (Å²) < 4.78 is 0. The van der Waals surface area contributed by atoms with Crippen molar-refractivity contribution < 1.29 is 0 Å². The van der Waals surface area contributed by atoms with Crippen LogP contribution < -0.4 is 5.43 Å². The summed E-state index contributed by atoms with van der Waals surface area (Å²) in [6.07, 6.45) is 1.81. The number of nitrogens with one attached hydrogen (secondary N) is 1. The minimum absolute atomic E-state index is 0.716. The molecule has 1 N–H and O–H groups in total. The Labute approximate surface area is 167 Å². The quantitative estimate of drug-likeness (QED) is 0.309. The first-order chi connectivity index (χ1) is 13.3. The van der Waals surface area contributed by atoms with E-state index in [0.29, 0.717) is 5.02 Å². The van der Waals surface area contributed by atoms with Crippen LogP contribution in [0.15, 0.2) is 89.3 Å². The second-order valence-corrected chi connectivity index (χ2v) is 7.17. The molecule has 0 radical (unpaired) electrons. The van der Waals surface area contributed by atoms with Gasteiger partial charge in [-0.05, 0) is 23.3 Å². The molecule has 5 heteroatoms. The number of aromatic nitrogens is 1. The van der Waals surface area contributed by atoms with Gasteiger partial charge in [0.2, 0.25) is 5.13 Å². The third-order valence-electron chi connectivity index (χ3n) is 4.03. The number of hydrazone groups is 1. The average Bonchev–Trinajstić information content (AvgIpc) is 3.18. The summed E-state index contributed by atoms with van der Waals surface area (Å²) >= 11 is 7.66. The predicted molar refractivity (Wildman–Crippen MR) is 116 cm³/mol. The van der Waals surface area contributed by atoms with Crippen LogP contribution in [-0.2, 0) is 0 Å². The molecule has 1 heterocycles. The monoisotopic (exact) mass is 389 g/mol. The Bertz CT molecular complexity index is 1070. The molecular formula is C22H16ClN3S. The molecule has 0 amide bonds. The van der Waals surface area contributed by atoms with Crippen molar-refractivity contribution in [2.75, 3.05) is 5.43 Å². The van der Waals surface area contributed by atoms with E-state index in [1.807, 2.05) is 78.2 Å². The predicted octanol–water partition coefficient (Wildman–Crippen LogP) is 6.58. The smallest absolute Gasteiger partial charge is 0.203 e. The lowest BCUT2D eigenvalue weighted by Crippen LogP contribution is -1.92. The van der Waals surface area contributed by atoms with Gasteiger partial charge in [-0.25, -0.2) is 4.98 Å². The molecule has 132 valence electrons. The summed E-state index contributed by atoms with van der Waals surface area (Å²) in [5.41, 5.74) is 8.21. The maximum absolute atomic E-state index is 6.13. The molecule has 0 saturated carbocycles. The van der Waals surface area contributed by atoms with Crippen LogP contribution in [0.3, 0.4) is 0 Å². The summed E-state index contributed by atoms with van der Waals surface area (Å²) in [6.45, 7) is 0. The van der Waals surface area contributed by atoms with E-state index in [-0.39, 0.29) is 0 Å². The molecule has 3 nitrogen and oxygen atoms in total. The van der Waals surface area contributed by atoms with Crippen LogP contribution in [0.1, 0.15) is 5.56 Å². The van der Waals surface area contributed by atoms with Crippen LogP contribution in [0.5, 0.6) is 0 Å². The summed E-state index contributed by atoms with van der Waals surface area (Å²) in [5, 5.41) is 7.86. The molecule has 0 saturated heterocycles. The van der Waals surface area contributed by atoms with E-state index >= 15 is 0 Å². The largest absolute Gasteiger partial charge is 0.253 e. The molecule has 3 aromatic carbocycles. The SMILES string of the molecule is Clc1cccc(-c2ccccc2C=NNc2nc(-c3ccccc3)cs2)c1. The first-order valence-corrected chi connectivity index (χ1v) is 9.70. The second kappa shape index (κ2) is 8.16. The molecule has 0 fully saturated rings. The number of rotatable bonds is 5. The van der Waals surface area contributed by atoms with E-state index in [4.69, 9.17) is 11.6 Å². The molecule has 4 rings (SSSR count). The maximum Gasteiger partial charge on any atom is 0.203 e. The van der Waals surface area contributed by atoms with E-state index in [2.05, 4.69) is 21.6 Å². The van der Waals surface area contributed by atoms with Crippen LogP contribution in [0.25, 0.3) is 22.4 Å². The number of anilines is 1. The molecule has 0 atom stereocenters. The van der Waals surface area contributed by atoms with Crippen molar-refractivity contribution in [3.05, 3.63) is 94.8 Å². The number of halogens is 1. The number of benzene rings is 3. The van der Waals surface area contributed by atoms with Crippen molar-refractivity contribution >= 4 is 34.3 Å². The van der Waals surface area contributed by atoms with Crippen molar-refractivity contribution in [3.8, 4) is 22.4 Å². The van der Waals surface area contributed by atoms with E-state index in [1.54, 1.807) is 6.21 Å². The van der Waals surface area contributed by atoms with Crippen LogP contribution >= 0.6 is 22.9 Å². The van der Waals surface area contributed by atoms with Crippen LogP contribution in [0.2, 0.25) is 5.02 Å². The fourth-order valence-electron chi connectivity index (χ4n) is 2.75. The molecule has 1 aromatic heterocycles. The maximum atomic E-state index is 6.13. The topological polar surface area (TPSA) is 37.3 Å². The Hall–Kier alpha value is -2.95. The van der Waals surface area contributed by atoms with Gasteiger partial charge in [0.25, 0.3) is 0 Å². The van der Waals surface area contributed by atoms with E-state index in [0.717, 1.165) is 33.1 Å². The van der Waals surface area contributed by atoms with Crippen molar-refractivity contribution in [2.24, 2.45) is 5.10 Å². The molecule has 0 bridgehead atoms. The third kappa shape index (κ3) is 4.25. The average molecular weight is 390 g/mol. The Balaban J connectivity index is 1.52. The second-order valence-electron chi connectivity index (χ2n) is 5.87. The number of nitrogens with zero attached hydrogens (tertiary/aromatic N) is 2. The minimum Gasteiger partial charge on any atom is -0.253 e. The molecule has 0 aliphatic carbocycles. The summed E-state index contributed by atoms with van der Waals surface area (Å²) in [4.78, 5) is 4.58. The van der Waals surface area contributed by atoms with Gasteiger partial charge >= 0.3 is 0 Å². The van der Waals surface area contributed by atoms with Crippen LogP contribution in [0.4, 0.5) is 5.13 Å². The van der Waals surface area contributed by atoms with Gasteiger partial charge in [-0.2, -0.15) is 5.10 Å². The highest BCUT2D eigenvalue weighted by Gasteiger charge is 2.05. The number of hydrogen-bond donors (Lipinski definition) is 1. The Morgan fingerprint density at radius 2 is 1.67 bits per heavy atom. The van der Waals surface area contributed by atoms with Gasteiger partial charge in [-0.1, -0.05) is 78.3 Å². The van der Waals surface area contributed by atoms with Crippen LogP contribution in [0, 0.1) is 0 Å². The van der Waals surface area contributed by atoms with Crippen molar-refractivity contribution in [1.29, 1.82) is 0 Å². The Kier molecular flexibility index (Phi) is 5.28. The van der Waals surface area contributed by atoms with E-state index in [9.17, 15) is 0 Å². The lowest BCUT2D eigenvalue weighted by Gasteiger charge is -2.06. The molecule has 0 aliphatic rings. The molecule has 4 aromatic rings. The van der Waals surface area contributed by atoms with Crippen molar-refractivity contribution in [1.82, 2.24) is 4.98 Å². The highest BCUT2D eigenvalue weighted by Crippen LogP contribution is 2.26. The van der Waals surface area contributed by atoms with E-state index in [1.165, 1.54) is 11.3 Å². The van der Waals surface area contributed by atoms with Gasteiger partial charge in [0.1, 0.15) is 0 Å². The minimum atomic E-state index is 0.716. The summed E-state index contributed by atoms with van der Waals surface area (Å²) in [5.74, 6) is 0. The zero-order chi connectivity index (χ0) is 18.5.